The summed E-state index contributed by atoms with van der Waals surface area (Å²) in [6.07, 6.45) is 5.33. The number of carbonyl (C=O) groups excluding carboxylic acids is 1. The Morgan fingerprint density at radius 2 is 1.95 bits per heavy atom. The van der Waals surface area contributed by atoms with Crippen LogP contribution in [0.15, 0.2) is 34.6 Å². The highest BCUT2D eigenvalue weighted by Crippen LogP contribution is 2.30. The maximum absolute atomic E-state index is 12.4. The molecule has 0 saturated carbocycles. The van der Waals surface area contributed by atoms with Crippen molar-refractivity contribution < 1.29 is 4.79 Å². The number of aryl methyl sites for hydroxylation is 1. The molecule has 1 N–H and O–H groups in total. The maximum atomic E-state index is 12.4. The molecule has 0 spiro atoms. The first-order chi connectivity index (χ1) is 10.3. The van der Waals surface area contributed by atoms with Gasteiger partial charge in [-0.3, -0.25) is 4.79 Å². The third-order valence-electron chi connectivity index (χ3n) is 4.01. The standard InChI is InChI=1S/C15H15N5O/c21-15-11-7-4-5-8-12(11)17-19-20-14(16-15)10-6-2-1-3-9-13(10)18-20/h4-5,7-8H,1-3,6,9H2,(H,16,21). The van der Waals surface area contributed by atoms with Gasteiger partial charge < -0.3 is 5.32 Å². The second-order valence-corrected chi connectivity index (χ2v) is 5.38. The van der Waals surface area contributed by atoms with E-state index >= 15 is 0 Å². The van der Waals surface area contributed by atoms with Crippen LogP contribution in [0.2, 0.25) is 0 Å². The smallest absolute Gasteiger partial charge is 0.259 e. The lowest BCUT2D eigenvalue weighted by Gasteiger charge is -2.11. The molecular weight excluding hydrogens is 266 g/mol. The fourth-order valence-electron chi connectivity index (χ4n) is 2.93. The van der Waals surface area contributed by atoms with Gasteiger partial charge in [0.25, 0.3) is 5.91 Å². The van der Waals surface area contributed by atoms with Crippen LogP contribution >= 0.6 is 0 Å². The van der Waals surface area contributed by atoms with E-state index in [-0.39, 0.29) is 5.91 Å². The minimum absolute atomic E-state index is 0.155. The van der Waals surface area contributed by atoms with E-state index in [1.807, 2.05) is 12.1 Å². The maximum Gasteiger partial charge on any atom is 0.259 e. The van der Waals surface area contributed by atoms with Gasteiger partial charge in [0.2, 0.25) is 0 Å². The van der Waals surface area contributed by atoms with E-state index in [2.05, 4.69) is 20.8 Å². The van der Waals surface area contributed by atoms with Gasteiger partial charge in [-0.1, -0.05) is 18.6 Å². The Hall–Kier alpha value is -2.50. The largest absolute Gasteiger partial charge is 0.305 e. The van der Waals surface area contributed by atoms with Crippen LogP contribution in [0.4, 0.5) is 11.5 Å². The molecule has 2 aromatic rings. The minimum Gasteiger partial charge on any atom is -0.305 e. The molecule has 21 heavy (non-hydrogen) atoms. The lowest BCUT2D eigenvalue weighted by molar-refractivity contribution is 0.102. The Morgan fingerprint density at radius 3 is 2.90 bits per heavy atom. The molecule has 1 aromatic heterocycles. The summed E-state index contributed by atoms with van der Waals surface area (Å²) in [6, 6.07) is 7.20. The SMILES string of the molecule is O=C1Nc2c3c(nn2N=Nc2ccccc21)CCCCC3. The van der Waals surface area contributed by atoms with E-state index in [0.29, 0.717) is 17.1 Å². The van der Waals surface area contributed by atoms with Gasteiger partial charge in [0.05, 0.1) is 11.3 Å². The van der Waals surface area contributed by atoms with Crippen molar-refractivity contribution in [2.45, 2.75) is 32.1 Å². The number of carbonyl (C=O) groups is 1. The van der Waals surface area contributed by atoms with Gasteiger partial charge >= 0.3 is 0 Å². The van der Waals surface area contributed by atoms with Crippen LogP contribution < -0.4 is 5.32 Å². The molecule has 1 aliphatic carbocycles. The summed E-state index contributed by atoms with van der Waals surface area (Å²) in [7, 11) is 0. The Kier molecular flexibility index (Phi) is 2.80. The molecule has 0 atom stereocenters. The average Bonchev–Trinajstić information content (AvgIpc) is 2.67. The molecule has 1 amide bonds. The quantitative estimate of drug-likeness (QED) is 0.753. The second-order valence-electron chi connectivity index (χ2n) is 5.38. The van der Waals surface area contributed by atoms with Gasteiger partial charge in [0, 0.05) is 5.56 Å². The van der Waals surface area contributed by atoms with E-state index in [0.717, 1.165) is 36.9 Å². The number of hydrogen-bond acceptors (Lipinski definition) is 4. The van der Waals surface area contributed by atoms with Crippen LogP contribution in [0, 0.1) is 0 Å². The number of nitrogens with zero attached hydrogens (tertiary/aromatic N) is 4. The van der Waals surface area contributed by atoms with Crippen molar-refractivity contribution >= 4 is 17.4 Å². The first kappa shape index (κ1) is 12.3. The molecule has 106 valence electrons. The van der Waals surface area contributed by atoms with Crippen molar-refractivity contribution in [3.63, 3.8) is 0 Å². The highest BCUT2D eigenvalue weighted by atomic mass is 16.1. The summed E-state index contributed by atoms with van der Waals surface area (Å²) in [5.41, 5.74) is 3.24. The van der Waals surface area contributed by atoms with Gasteiger partial charge in [-0.25, -0.2) is 0 Å². The van der Waals surface area contributed by atoms with Gasteiger partial charge in [0.15, 0.2) is 5.82 Å². The molecule has 6 heteroatoms. The summed E-state index contributed by atoms with van der Waals surface area (Å²) >= 11 is 0. The lowest BCUT2D eigenvalue weighted by atomic mass is 10.1. The van der Waals surface area contributed by atoms with E-state index in [4.69, 9.17) is 0 Å². The molecule has 0 saturated heterocycles. The monoisotopic (exact) mass is 281 g/mol. The van der Waals surface area contributed by atoms with Crippen LogP contribution in [0.25, 0.3) is 0 Å². The number of nitrogens with one attached hydrogen (secondary N) is 1. The Labute approximate surface area is 121 Å². The van der Waals surface area contributed by atoms with Crippen LogP contribution in [0.1, 0.15) is 40.9 Å². The lowest BCUT2D eigenvalue weighted by Crippen LogP contribution is -2.17. The van der Waals surface area contributed by atoms with Gasteiger partial charge in [0.1, 0.15) is 5.69 Å². The molecular formula is C15H15N5O. The predicted octanol–water partition coefficient (Wildman–Crippen LogP) is 3.26. The zero-order chi connectivity index (χ0) is 14.2. The third-order valence-corrected chi connectivity index (χ3v) is 4.01. The minimum atomic E-state index is -0.155. The summed E-state index contributed by atoms with van der Waals surface area (Å²) in [5.74, 6) is 0.521. The fraction of sp³-hybridized carbons (Fsp3) is 0.333. The molecule has 6 nitrogen and oxygen atoms in total. The van der Waals surface area contributed by atoms with Crippen molar-refractivity contribution in [2.75, 3.05) is 5.32 Å². The van der Waals surface area contributed by atoms with E-state index in [9.17, 15) is 4.79 Å². The zero-order valence-electron chi connectivity index (χ0n) is 11.5. The van der Waals surface area contributed by atoms with E-state index in [1.54, 1.807) is 12.1 Å². The first-order valence-electron chi connectivity index (χ1n) is 7.26. The third kappa shape index (κ3) is 2.03. The van der Waals surface area contributed by atoms with Gasteiger partial charge in [-0.15, -0.1) is 9.91 Å². The number of benzene rings is 1. The number of hydrogen-bond donors (Lipinski definition) is 1. The molecule has 2 aliphatic rings. The van der Waals surface area contributed by atoms with Gasteiger partial charge in [-0.2, -0.15) is 5.10 Å². The zero-order valence-corrected chi connectivity index (χ0v) is 11.5. The topological polar surface area (TPSA) is 71.6 Å². The highest BCUT2D eigenvalue weighted by Gasteiger charge is 2.24. The van der Waals surface area contributed by atoms with E-state index < -0.39 is 0 Å². The van der Waals surface area contributed by atoms with Crippen molar-refractivity contribution in [1.82, 2.24) is 9.89 Å². The fourth-order valence-corrected chi connectivity index (χ4v) is 2.93. The van der Waals surface area contributed by atoms with Crippen LogP contribution in [0.5, 0.6) is 0 Å². The van der Waals surface area contributed by atoms with Crippen LogP contribution in [0.3, 0.4) is 0 Å². The Balaban J connectivity index is 1.85. The van der Waals surface area contributed by atoms with Crippen molar-refractivity contribution in [3.8, 4) is 0 Å². The number of aromatic nitrogens is 2. The molecule has 1 aliphatic heterocycles. The predicted molar refractivity (Wildman–Crippen MR) is 77.8 cm³/mol. The normalized spacial score (nSPS) is 16.9. The summed E-state index contributed by atoms with van der Waals surface area (Å²) in [5, 5.41) is 15.8. The number of rotatable bonds is 0. The summed E-state index contributed by atoms with van der Waals surface area (Å²) < 4.78 is 0. The molecule has 0 unspecified atom stereocenters. The van der Waals surface area contributed by atoms with E-state index in [1.165, 1.54) is 11.2 Å². The van der Waals surface area contributed by atoms with Crippen LogP contribution in [-0.4, -0.2) is 15.8 Å². The number of anilines is 1. The highest BCUT2D eigenvalue weighted by molar-refractivity contribution is 6.07. The van der Waals surface area contributed by atoms with Crippen molar-refractivity contribution in [2.24, 2.45) is 10.3 Å². The molecule has 1 aromatic carbocycles. The molecule has 0 bridgehead atoms. The van der Waals surface area contributed by atoms with Crippen LogP contribution in [-0.2, 0) is 12.8 Å². The number of fused-ring (bicyclic) bond motifs is 4. The van der Waals surface area contributed by atoms with Crippen molar-refractivity contribution in [3.05, 3.63) is 41.1 Å². The molecule has 4 rings (SSSR count). The van der Waals surface area contributed by atoms with Gasteiger partial charge in [-0.05, 0) is 43.0 Å². The number of amides is 1. The molecule has 0 fully saturated rings. The summed E-state index contributed by atoms with van der Waals surface area (Å²) in [6.45, 7) is 0. The molecule has 2 heterocycles. The molecule has 0 radical (unpaired) electrons. The average molecular weight is 281 g/mol. The Bertz CT molecular complexity index is 747. The first-order valence-corrected chi connectivity index (χ1v) is 7.26. The second kappa shape index (κ2) is 4.80. The van der Waals surface area contributed by atoms with Crippen molar-refractivity contribution in [1.29, 1.82) is 0 Å². The Morgan fingerprint density at radius 1 is 1.10 bits per heavy atom. The summed E-state index contributed by atoms with van der Waals surface area (Å²) in [4.78, 5) is 13.9.